The van der Waals surface area contributed by atoms with Gasteiger partial charge in [-0.2, -0.15) is 0 Å². The van der Waals surface area contributed by atoms with E-state index in [4.69, 9.17) is 5.11 Å². The smallest absolute Gasteiger partial charge is 0.120 e. The third-order valence-corrected chi connectivity index (χ3v) is 3.14. The Hall–Kier alpha value is 0.0700. The number of nitrogens with zero attached hydrogens (tertiary/aromatic N) is 1. The number of aromatic nitrogens is 1. The molecule has 0 aliphatic heterocycles. The van der Waals surface area contributed by atoms with Crippen LogP contribution in [0.15, 0.2) is 15.1 Å². The van der Waals surface area contributed by atoms with Gasteiger partial charge in [-0.25, -0.2) is 4.98 Å². The maximum Gasteiger partial charge on any atom is 0.120 e. The van der Waals surface area contributed by atoms with E-state index in [-0.39, 0.29) is 6.61 Å². The van der Waals surface area contributed by atoms with E-state index in [0.717, 1.165) is 20.3 Å². The van der Waals surface area contributed by atoms with E-state index in [9.17, 15) is 0 Å². The zero-order valence-corrected chi connectivity index (χ0v) is 9.11. The molecule has 0 bridgehead atoms. The molecule has 0 unspecified atom stereocenters. The predicted molar refractivity (Wildman–Crippen MR) is 50.3 cm³/mol. The molecule has 11 heavy (non-hydrogen) atoms. The van der Waals surface area contributed by atoms with Crippen LogP contribution in [0.5, 0.6) is 0 Å². The van der Waals surface area contributed by atoms with Gasteiger partial charge in [-0.05, 0) is 50.4 Å². The van der Waals surface area contributed by atoms with Crippen LogP contribution >= 0.6 is 31.9 Å². The summed E-state index contributed by atoms with van der Waals surface area (Å²) >= 11 is 6.57. The summed E-state index contributed by atoms with van der Waals surface area (Å²) in [6.07, 6.45) is 0. The summed E-state index contributed by atoms with van der Waals surface area (Å²) in [5.74, 6) is 0. The van der Waals surface area contributed by atoms with Crippen molar-refractivity contribution < 1.29 is 5.11 Å². The zero-order valence-electron chi connectivity index (χ0n) is 5.93. The number of rotatable bonds is 1. The Labute approximate surface area is 81.9 Å². The first-order chi connectivity index (χ1) is 5.15. The van der Waals surface area contributed by atoms with Gasteiger partial charge in [0.05, 0.1) is 11.1 Å². The molecule has 2 nitrogen and oxygen atoms in total. The van der Waals surface area contributed by atoms with Crippen molar-refractivity contribution >= 4 is 31.9 Å². The van der Waals surface area contributed by atoms with Crippen molar-refractivity contribution in [3.63, 3.8) is 0 Å². The maximum atomic E-state index is 8.86. The number of aliphatic hydroxyl groups is 1. The van der Waals surface area contributed by atoms with Gasteiger partial charge in [-0.1, -0.05) is 0 Å². The van der Waals surface area contributed by atoms with Crippen molar-refractivity contribution in [2.24, 2.45) is 0 Å². The van der Waals surface area contributed by atoms with Crippen LogP contribution in [-0.2, 0) is 6.61 Å². The van der Waals surface area contributed by atoms with Crippen molar-refractivity contribution in [2.75, 3.05) is 0 Å². The number of hydrogen-bond donors (Lipinski definition) is 1. The van der Waals surface area contributed by atoms with Gasteiger partial charge in [-0.15, -0.1) is 0 Å². The molecule has 4 heteroatoms. The van der Waals surface area contributed by atoms with Gasteiger partial charge in [0.1, 0.15) is 4.60 Å². The molecule has 0 spiro atoms. The number of aryl methyl sites for hydroxylation is 1. The van der Waals surface area contributed by atoms with Crippen LogP contribution in [0.1, 0.15) is 11.3 Å². The fraction of sp³-hybridized carbons (Fsp3) is 0.286. The molecular formula is C7H7Br2NO. The van der Waals surface area contributed by atoms with Crippen LogP contribution in [-0.4, -0.2) is 10.1 Å². The highest BCUT2D eigenvalue weighted by Crippen LogP contribution is 2.23. The van der Waals surface area contributed by atoms with Crippen LogP contribution < -0.4 is 0 Å². The highest BCUT2D eigenvalue weighted by atomic mass is 79.9. The lowest BCUT2D eigenvalue weighted by molar-refractivity contribution is 0.280. The Morgan fingerprint density at radius 2 is 2.18 bits per heavy atom. The molecule has 1 heterocycles. The molecule has 0 amide bonds. The predicted octanol–water partition coefficient (Wildman–Crippen LogP) is 2.41. The average Bonchev–Trinajstić information content (AvgIpc) is 1.97. The second-order valence-corrected chi connectivity index (χ2v) is 3.77. The average molecular weight is 281 g/mol. The molecule has 60 valence electrons. The molecule has 0 aliphatic rings. The largest absolute Gasteiger partial charge is 0.392 e. The lowest BCUT2D eigenvalue weighted by atomic mass is 10.2. The Kier molecular flexibility index (Phi) is 3.04. The minimum Gasteiger partial charge on any atom is -0.392 e. The number of halogens is 2. The summed E-state index contributed by atoms with van der Waals surface area (Å²) < 4.78 is 1.64. The Bertz CT molecular complexity index is 275. The summed E-state index contributed by atoms with van der Waals surface area (Å²) in [5, 5.41) is 8.86. The zero-order chi connectivity index (χ0) is 8.43. The fourth-order valence-electron chi connectivity index (χ4n) is 0.749. The van der Waals surface area contributed by atoms with E-state index >= 15 is 0 Å². The molecule has 1 N–H and O–H groups in total. The Balaban J connectivity index is 3.21. The molecule has 1 aromatic heterocycles. The topological polar surface area (TPSA) is 33.1 Å². The lowest BCUT2D eigenvalue weighted by Gasteiger charge is -2.02. The molecule has 0 atom stereocenters. The first-order valence-corrected chi connectivity index (χ1v) is 4.66. The van der Waals surface area contributed by atoms with Gasteiger partial charge >= 0.3 is 0 Å². The summed E-state index contributed by atoms with van der Waals surface area (Å²) in [6, 6.07) is 1.85. The number of pyridine rings is 1. The van der Waals surface area contributed by atoms with Crippen molar-refractivity contribution in [3.05, 3.63) is 26.4 Å². The summed E-state index contributed by atoms with van der Waals surface area (Å²) in [4.78, 5) is 4.15. The minimum atomic E-state index is 0.0325. The van der Waals surface area contributed by atoms with E-state index < -0.39 is 0 Å². The van der Waals surface area contributed by atoms with Gasteiger partial charge in [0.15, 0.2) is 0 Å². The van der Waals surface area contributed by atoms with Crippen molar-refractivity contribution in [1.29, 1.82) is 0 Å². The van der Waals surface area contributed by atoms with Crippen molar-refractivity contribution in [2.45, 2.75) is 13.5 Å². The SMILES string of the molecule is Cc1nc(Br)c(Br)cc1CO. The molecule has 0 saturated carbocycles. The van der Waals surface area contributed by atoms with E-state index in [1.54, 1.807) is 0 Å². The van der Waals surface area contributed by atoms with Crippen LogP contribution in [0.3, 0.4) is 0 Å². The maximum absolute atomic E-state index is 8.86. The Morgan fingerprint density at radius 3 is 2.73 bits per heavy atom. The van der Waals surface area contributed by atoms with E-state index in [2.05, 4.69) is 36.8 Å². The van der Waals surface area contributed by atoms with Crippen molar-refractivity contribution in [1.82, 2.24) is 4.98 Å². The van der Waals surface area contributed by atoms with Crippen LogP contribution in [0.4, 0.5) is 0 Å². The first-order valence-electron chi connectivity index (χ1n) is 3.07. The van der Waals surface area contributed by atoms with E-state index in [0.29, 0.717) is 0 Å². The second kappa shape index (κ2) is 3.65. The molecule has 0 aliphatic carbocycles. The van der Waals surface area contributed by atoms with E-state index in [1.165, 1.54) is 0 Å². The summed E-state index contributed by atoms with van der Waals surface area (Å²) in [5.41, 5.74) is 1.70. The van der Waals surface area contributed by atoms with Gasteiger partial charge < -0.3 is 5.11 Å². The third-order valence-electron chi connectivity index (χ3n) is 1.40. The van der Waals surface area contributed by atoms with Gasteiger partial charge in [0, 0.05) is 5.69 Å². The van der Waals surface area contributed by atoms with Crippen molar-refractivity contribution in [3.8, 4) is 0 Å². The van der Waals surface area contributed by atoms with E-state index in [1.807, 2.05) is 13.0 Å². The third kappa shape index (κ3) is 2.01. The normalized spacial score (nSPS) is 10.2. The number of hydrogen-bond acceptors (Lipinski definition) is 2. The van der Waals surface area contributed by atoms with Gasteiger partial charge in [-0.3, -0.25) is 0 Å². The fourth-order valence-corrected chi connectivity index (χ4v) is 1.49. The highest BCUT2D eigenvalue weighted by molar-refractivity contribution is 9.13. The second-order valence-electron chi connectivity index (χ2n) is 2.16. The number of aliphatic hydroxyl groups excluding tert-OH is 1. The highest BCUT2D eigenvalue weighted by Gasteiger charge is 2.03. The molecule has 1 rings (SSSR count). The van der Waals surface area contributed by atoms with Crippen LogP contribution in [0, 0.1) is 6.92 Å². The van der Waals surface area contributed by atoms with Crippen LogP contribution in [0.2, 0.25) is 0 Å². The molecule has 0 fully saturated rings. The van der Waals surface area contributed by atoms with Gasteiger partial charge in [0.2, 0.25) is 0 Å². The minimum absolute atomic E-state index is 0.0325. The standard InChI is InChI=1S/C7H7Br2NO/c1-4-5(3-11)2-6(8)7(9)10-4/h2,11H,3H2,1H3. The molecule has 1 aromatic rings. The molecular weight excluding hydrogens is 274 g/mol. The molecule has 0 saturated heterocycles. The molecule has 0 aromatic carbocycles. The summed E-state index contributed by atoms with van der Waals surface area (Å²) in [6.45, 7) is 1.90. The Morgan fingerprint density at radius 1 is 1.55 bits per heavy atom. The monoisotopic (exact) mass is 279 g/mol. The molecule has 0 radical (unpaired) electrons. The van der Waals surface area contributed by atoms with Gasteiger partial charge in [0.25, 0.3) is 0 Å². The van der Waals surface area contributed by atoms with Crippen LogP contribution in [0.25, 0.3) is 0 Å². The summed E-state index contributed by atoms with van der Waals surface area (Å²) in [7, 11) is 0. The lowest BCUT2D eigenvalue weighted by Crippen LogP contribution is -1.93. The first kappa shape index (κ1) is 9.16. The quantitative estimate of drug-likeness (QED) is 0.802.